The first kappa shape index (κ1) is 16.6. The van der Waals surface area contributed by atoms with Crippen molar-refractivity contribution < 1.29 is 9.59 Å². The molecule has 2 heterocycles. The van der Waals surface area contributed by atoms with Crippen LogP contribution in [-0.4, -0.2) is 27.8 Å². The number of carbonyl (C=O) groups excluding carboxylic acids is 2. The fourth-order valence-corrected chi connectivity index (χ4v) is 2.93. The number of amides is 2. The summed E-state index contributed by atoms with van der Waals surface area (Å²) in [6, 6.07) is 13.8. The van der Waals surface area contributed by atoms with E-state index in [0.717, 1.165) is 21.7 Å². The van der Waals surface area contributed by atoms with Gasteiger partial charge in [0.15, 0.2) is 0 Å². The van der Waals surface area contributed by atoms with E-state index in [1.54, 1.807) is 11.3 Å². The largest absolute Gasteiger partial charge is 0.361 e. The number of nitrogens with two attached hydrogens (primary N) is 1. The summed E-state index contributed by atoms with van der Waals surface area (Å²) in [4.78, 5) is 22.9. The summed E-state index contributed by atoms with van der Waals surface area (Å²) in [5.74, 6) is -2.05. The van der Waals surface area contributed by atoms with E-state index in [2.05, 4.69) is 15.6 Å². The summed E-state index contributed by atoms with van der Waals surface area (Å²) in [7, 11) is 0. The minimum Gasteiger partial charge on any atom is -0.361 e. The summed E-state index contributed by atoms with van der Waals surface area (Å²) in [5.41, 5.74) is 9.55. The lowest BCUT2D eigenvalue weighted by Gasteiger charge is -2.00. The molecule has 1 aromatic carbocycles. The predicted octanol–water partition coefficient (Wildman–Crippen LogP) is 1.60. The Morgan fingerprint density at radius 3 is 2.72 bits per heavy atom. The van der Waals surface area contributed by atoms with Gasteiger partial charge in [-0.25, -0.2) is 5.43 Å². The Kier molecular flexibility index (Phi) is 5.00. The predicted molar refractivity (Wildman–Crippen MR) is 96.0 cm³/mol. The summed E-state index contributed by atoms with van der Waals surface area (Å²) in [6.45, 7) is 0.612. The third-order valence-electron chi connectivity index (χ3n) is 3.33. The summed E-state index contributed by atoms with van der Waals surface area (Å²) >= 11 is 1.56. The maximum atomic E-state index is 11.2. The van der Waals surface area contributed by atoms with Gasteiger partial charge in [0.05, 0.1) is 17.6 Å². The first-order chi connectivity index (χ1) is 12.1. The van der Waals surface area contributed by atoms with Crippen molar-refractivity contribution >= 4 is 29.4 Å². The molecule has 2 amide bonds. The molecule has 0 atom stereocenters. The van der Waals surface area contributed by atoms with E-state index in [1.807, 2.05) is 58.7 Å². The van der Waals surface area contributed by atoms with Gasteiger partial charge in [-0.1, -0.05) is 36.4 Å². The average Bonchev–Trinajstić information content (AvgIpc) is 3.25. The highest BCUT2D eigenvalue weighted by molar-refractivity contribution is 7.13. The minimum atomic E-state index is -1.09. The first-order valence-corrected chi connectivity index (χ1v) is 8.29. The molecule has 3 rings (SSSR count). The molecule has 25 heavy (non-hydrogen) atoms. The molecule has 0 aliphatic carbocycles. The summed E-state index contributed by atoms with van der Waals surface area (Å²) in [5, 5.41) is 10.4. The van der Waals surface area contributed by atoms with Gasteiger partial charge in [0, 0.05) is 11.8 Å². The number of hydrogen-bond donors (Lipinski definition) is 2. The molecule has 126 valence electrons. The number of hydrazone groups is 1. The molecule has 8 heteroatoms. The van der Waals surface area contributed by atoms with Gasteiger partial charge >= 0.3 is 11.8 Å². The molecule has 0 spiro atoms. The quantitative estimate of drug-likeness (QED) is 0.414. The number of carbonyl (C=O) groups is 2. The topological polar surface area (TPSA) is 102 Å². The standard InChI is InChI=1S/C17H15N5O2S/c18-16(23)17(24)20-19-9-13-11-22(10-12-5-2-1-3-6-12)21-15(13)14-7-4-8-25-14/h1-9,11H,10H2,(H2,18,23)(H,20,24)/b19-9-. The summed E-state index contributed by atoms with van der Waals surface area (Å²) in [6.07, 6.45) is 3.28. The number of primary amides is 1. The van der Waals surface area contributed by atoms with Crippen LogP contribution in [0.15, 0.2) is 59.1 Å². The van der Waals surface area contributed by atoms with Crippen molar-refractivity contribution in [3.8, 4) is 10.6 Å². The number of thiophene rings is 1. The fourth-order valence-electron chi connectivity index (χ4n) is 2.20. The van der Waals surface area contributed by atoms with Crippen molar-refractivity contribution in [3.05, 3.63) is 65.2 Å². The van der Waals surface area contributed by atoms with Crippen LogP contribution in [0.4, 0.5) is 0 Å². The molecule has 0 bridgehead atoms. The Morgan fingerprint density at radius 2 is 2.04 bits per heavy atom. The highest BCUT2D eigenvalue weighted by Gasteiger charge is 2.12. The molecule has 0 unspecified atom stereocenters. The van der Waals surface area contributed by atoms with E-state index < -0.39 is 11.8 Å². The molecule has 0 saturated carbocycles. The van der Waals surface area contributed by atoms with Gasteiger partial charge in [0.1, 0.15) is 5.69 Å². The smallest absolute Gasteiger partial charge is 0.329 e. The van der Waals surface area contributed by atoms with Gasteiger partial charge in [-0.15, -0.1) is 11.3 Å². The Bertz CT molecular complexity index is 901. The van der Waals surface area contributed by atoms with Crippen LogP contribution < -0.4 is 11.2 Å². The van der Waals surface area contributed by atoms with Crippen LogP contribution in [0.25, 0.3) is 10.6 Å². The first-order valence-electron chi connectivity index (χ1n) is 7.41. The van der Waals surface area contributed by atoms with Crippen LogP contribution in [-0.2, 0) is 16.1 Å². The van der Waals surface area contributed by atoms with Crippen molar-refractivity contribution in [2.75, 3.05) is 0 Å². The Morgan fingerprint density at radius 1 is 1.24 bits per heavy atom. The number of rotatable bonds is 5. The number of aromatic nitrogens is 2. The number of benzene rings is 1. The van der Waals surface area contributed by atoms with Crippen LogP contribution >= 0.6 is 11.3 Å². The van der Waals surface area contributed by atoms with E-state index in [-0.39, 0.29) is 0 Å². The number of hydrogen-bond acceptors (Lipinski definition) is 5. The van der Waals surface area contributed by atoms with E-state index in [9.17, 15) is 9.59 Å². The molecular weight excluding hydrogens is 338 g/mol. The Balaban J connectivity index is 1.86. The molecule has 0 saturated heterocycles. The van der Waals surface area contributed by atoms with Gasteiger partial charge in [-0.05, 0) is 17.0 Å². The van der Waals surface area contributed by atoms with Crippen LogP contribution in [0.3, 0.4) is 0 Å². The van der Waals surface area contributed by atoms with E-state index in [0.29, 0.717) is 6.54 Å². The SMILES string of the molecule is NC(=O)C(=O)N/N=C\c1cn(Cc2ccccc2)nc1-c1cccs1. The zero-order valence-corrected chi connectivity index (χ0v) is 13.9. The lowest BCUT2D eigenvalue weighted by Crippen LogP contribution is -2.32. The maximum Gasteiger partial charge on any atom is 0.329 e. The Labute approximate surface area is 147 Å². The van der Waals surface area contributed by atoms with Gasteiger partial charge in [-0.3, -0.25) is 14.3 Å². The van der Waals surface area contributed by atoms with Crippen molar-refractivity contribution in [1.29, 1.82) is 0 Å². The third-order valence-corrected chi connectivity index (χ3v) is 4.20. The second-order valence-corrected chi connectivity index (χ2v) is 6.10. The van der Waals surface area contributed by atoms with E-state index >= 15 is 0 Å². The van der Waals surface area contributed by atoms with Gasteiger partial charge < -0.3 is 5.73 Å². The normalized spacial score (nSPS) is 10.9. The minimum absolute atomic E-state index is 0.612. The van der Waals surface area contributed by atoms with E-state index in [1.165, 1.54) is 6.21 Å². The van der Waals surface area contributed by atoms with Crippen LogP contribution in [0.2, 0.25) is 0 Å². The van der Waals surface area contributed by atoms with Crippen molar-refractivity contribution in [2.45, 2.75) is 6.54 Å². The van der Waals surface area contributed by atoms with Crippen molar-refractivity contribution in [3.63, 3.8) is 0 Å². The summed E-state index contributed by atoms with van der Waals surface area (Å²) < 4.78 is 1.81. The second-order valence-electron chi connectivity index (χ2n) is 5.16. The zero-order valence-electron chi connectivity index (χ0n) is 13.1. The van der Waals surface area contributed by atoms with Gasteiger partial charge in [0.2, 0.25) is 0 Å². The highest BCUT2D eigenvalue weighted by Crippen LogP contribution is 2.26. The molecule has 0 fully saturated rings. The molecule has 3 N–H and O–H groups in total. The molecule has 0 radical (unpaired) electrons. The third kappa shape index (κ3) is 4.18. The molecule has 3 aromatic rings. The molecule has 2 aromatic heterocycles. The zero-order chi connectivity index (χ0) is 17.6. The van der Waals surface area contributed by atoms with Crippen LogP contribution in [0.1, 0.15) is 11.1 Å². The van der Waals surface area contributed by atoms with Crippen LogP contribution in [0.5, 0.6) is 0 Å². The van der Waals surface area contributed by atoms with Gasteiger partial charge in [-0.2, -0.15) is 10.2 Å². The van der Waals surface area contributed by atoms with Gasteiger partial charge in [0.25, 0.3) is 0 Å². The van der Waals surface area contributed by atoms with Crippen molar-refractivity contribution in [1.82, 2.24) is 15.2 Å². The Hall–Kier alpha value is -3.26. The van der Waals surface area contributed by atoms with Crippen LogP contribution in [0, 0.1) is 0 Å². The fraction of sp³-hybridized carbons (Fsp3) is 0.0588. The highest BCUT2D eigenvalue weighted by atomic mass is 32.1. The molecule has 0 aliphatic rings. The lowest BCUT2D eigenvalue weighted by atomic mass is 10.2. The molecule has 7 nitrogen and oxygen atoms in total. The maximum absolute atomic E-state index is 11.2. The lowest BCUT2D eigenvalue weighted by molar-refractivity contribution is -0.137. The molecular formula is C17H15N5O2S. The monoisotopic (exact) mass is 353 g/mol. The van der Waals surface area contributed by atoms with Crippen molar-refractivity contribution in [2.24, 2.45) is 10.8 Å². The number of nitrogens with zero attached hydrogens (tertiary/aromatic N) is 3. The molecule has 0 aliphatic heterocycles. The number of nitrogens with one attached hydrogen (secondary N) is 1. The van der Waals surface area contributed by atoms with E-state index in [4.69, 9.17) is 5.73 Å². The second kappa shape index (κ2) is 7.54. The average molecular weight is 353 g/mol.